The smallest absolute Gasteiger partial charge is 0.184 e. The summed E-state index contributed by atoms with van der Waals surface area (Å²) in [4.78, 5) is 0. The summed E-state index contributed by atoms with van der Waals surface area (Å²) in [6.07, 6.45) is 0. The Labute approximate surface area is 130 Å². The van der Waals surface area contributed by atoms with E-state index in [9.17, 15) is 0 Å². The number of nitrogens with zero attached hydrogens (tertiary/aromatic N) is 1. The van der Waals surface area contributed by atoms with Crippen LogP contribution < -0.4 is 4.57 Å². The van der Waals surface area contributed by atoms with Crippen molar-refractivity contribution in [2.45, 2.75) is 39.7 Å². The predicted molar refractivity (Wildman–Crippen MR) is 91.9 cm³/mol. The fourth-order valence-electron chi connectivity index (χ4n) is 2.87. The second kappa shape index (κ2) is 5.61. The second-order valence-electron chi connectivity index (χ2n) is 6.08. The summed E-state index contributed by atoms with van der Waals surface area (Å²) in [6, 6.07) is 17.9. The maximum Gasteiger partial charge on any atom is 0.241 e. The van der Waals surface area contributed by atoms with E-state index < -0.39 is 0 Å². The van der Waals surface area contributed by atoms with E-state index in [4.69, 9.17) is 0 Å². The number of rotatable bonds is 3. The standard InChI is InChI=1S/C19H22NS/c1-13(2)19-20(14(3)4)17-12-8-11-16(18(17)21-19)15-9-6-5-7-10-15/h5-14H,1-4H3/q+1. The quantitative estimate of drug-likeness (QED) is 0.557. The third kappa shape index (κ3) is 2.49. The van der Waals surface area contributed by atoms with Gasteiger partial charge in [-0.3, -0.25) is 0 Å². The highest BCUT2D eigenvalue weighted by atomic mass is 32.1. The Balaban J connectivity index is 2.32. The summed E-state index contributed by atoms with van der Waals surface area (Å²) in [5, 5.41) is 1.46. The van der Waals surface area contributed by atoms with Crippen LogP contribution in [-0.2, 0) is 0 Å². The van der Waals surface area contributed by atoms with Crippen LogP contribution in [0.2, 0.25) is 0 Å². The lowest BCUT2D eigenvalue weighted by Gasteiger charge is -2.05. The molecular formula is C19H22NS+. The zero-order valence-electron chi connectivity index (χ0n) is 13.1. The molecule has 1 aromatic heterocycles. The summed E-state index contributed by atoms with van der Waals surface area (Å²) in [6.45, 7) is 9.11. The normalized spacial score (nSPS) is 11.7. The Morgan fingerprint density at radius 1 is 0.857 bits per heavy atom. The Kier molecular flexibility index (Phi) is 3.81. The first kappa shape index (κ1) is 14.3. The molecule has 0 spiro atoms. The van der Waals surface area contributed by atoms with E-state index in [-0.39, 0.29) is 0 Å². The van der Waals surface area contributed by atoms with Gasteiger partial charge >= 0.3 is 0 Å². The molecule has 0 aliphatic heterocycles. The molecule has 0 saturated carbocycles. The molecule has 108 valence electrons. The lowest BCUT2D eigenvalue weighted by molar-refractivity contribution is -0.695. The van der Waals surface area contributed by atoms with Gasteiger partial charge in [0.25, 0.3) is 0 Å². The molecule has 1 nitrogen and oxygen atoms in total. The number of hydrogen-bond donors (Lipinski definition) is 0. The molecule has 0 N–H and O–H groups in total. The molecule has 3 aromatic rings. The molecule has 0 aliphatic carbocycles. The number of hydrogen-bond acceptors (Lipinski definition) is 1. The van der Waals surface area contributed by atoms with E-state index in [0.29, 0.717) is 12.0 Å². The molecule has 2 heteroatoms. The van der Waals surface area contributed by atoms with Crippen LogP contribution in [0, 0.1) is 0 Å². The van der Waals surface area contributed by atoms with Gasteiger partial charge in [0.1, 0.15) is 4.70 Å². The minimum Gasteiger partial charge on any atom is -0.184 e. The molecular weight excluding hydrogens is 274 g/mol. The molecule has 2 aromatic carbocycles. The monoisotopic (exact) mass is 296 g/mol. The van der Waals surface area contributed by atoms with Crippen LogP contribution in [0.3, 0.4) is 0 Å². The van der Waals surface area contributed by atoms with Crippen LogP contribution >= 0.6 is 11.3 Å². The summed E-state index contributed by atoms with van der Waals surface area (Å²) in [5.41, 5.74) is 4.01. The van der Waals surface area contributed by atoms with Gasteiger partial charge in [0, 0.05) is 17.5 Å². The van der Waals surface area contributed by atoms with E-state index >= 15 is 0 Å². The van der Waals surface area contributed by atoms with Gasteiger partial charge in [-0.1, -0.05) is 67.6 Å². The van der Waals surface area contributed by atoms with Crippen LogP contribution in [-0.4, -0.2) is 0 Å². The van der Waals surface area contributed by atoms with Gasteiger partial charge in [0.2, 0.25) is 10.5 Å². The number of fused-ring (bicyclic) bond motifs is 1. The van der Waals surface area contributed by atoms with Crippen molar-refractivity contribution < 1.29 is 4.57 Å². The van der Waals surface area contributed by atoms with Crippen LogP contribution in [0.15, 0.2) is 48.5 Å². The first-order valence-corrected chi connectivity index (χ1v) is 8.43. The topological polar surface area (TPSA) is 3.88 Å². The molecule has 0 unspecified atom stereocenters. The van der Waals surface area contributed by atoms with Crippen molar-refractivity contribution in [1.29, 1.82) is 0 Å². The van der Waals surface area contributed by atoms with Crippen LogP contribution in [0.25, 0.3) is 21.3 Å². The molecule has 0 fully saturated rings. The number of benzene rings is 2. The minimum atomic E-state index is 0.488. The molecule has 0 atom stereocenters. The Morgan fingerprint density at radius 2 is 1.57 bits per heavy atom. The van der Waals surface area contributed by atoms with E-state index in [1.807, 2.05) is 11.3 Å². The van der Waals surface area contributed by atoms with Crippen molar-refractivity contribution in [3.63, 3.8) is 0 Å². The first-order valence-electron chi connectivity index (χ1n) is 7.62. The van der Waals surface area contributed by atoms with E-state index in [1.165, 1.54) is 26.4 Å². The molecule has 21 heavy (non-hydrogen) atoms. The maximum atomic E-state index is 2.50. The van der Waals surface area contributed by atoms with E-state index in [0.717, 1.165) is 0 Å². The maximum absolute atomic E-state index is 2.50. The van der Waals surface area contributed by atoms with Gasteiger partial charge in [-0.2, -0.15) is 4.57 Å². The van der Waals surface area contributed by atoms with Crippen molar-refractivity contribution >= 4 is 21.6 Å². The number of thiazole rings is 1. The van der Waals surface area contributed by atoms with Crippen molar-refractivity contribution in [2.75, 3.05) is 0 Å². The Bertz CT molecular complexity index is 754. The molecule has 0 aliphatic rings. The largest absolute Gasteiger partial charge is 0.241 e. The Hall–Kier alpha value is -1.67. The first-order chi connectivity index (χ1) is 10.1. The summed E-state index contributed by atoms with van der Waals surface area (Å²) in [7, 11) is 0. The molecule has 0 radical (unpaired) electrons. The average molecular weight is 296 g/mol. The fraction of sp³-hybridized carbons (Fsp3) is 0.316. The molecule has 0 amide bonds. The van der Waals surface area contributed by atoms with Gasteiger partial charge in [-0.25, -0.2) is 0 Å². The van der Waals surface area contributed by atoms with Gasteiger partial charge < -0.3 is 0 Å². The van der Waals surface area contributed by atoms with Crippen molar-refractivity contribution in [1.82, 2.24) is 0 Å². The van der Waals surface area contributed by atoms with E-state index in [2.05, 4.69) is 80.8 Å². The van der Waals surface area contributed by atoms with Gasteiger partial charge in [-0.15, -0.1) is 0 Å². The summed E-state index contributed by atoms with van der Waals surface area (Å²) >= 11 is 1.94. The zero-order chi connectivity index (χ0) is 15.0. The van der Waals surface area contributed by atoms with E-state index in [1.54, 1.807) is 0 Å². The highest BCUT2D eigenvalue weighted by Gasteiger charge is 2.26. The van der Waals surface area contributed by atoms with Crippen molar-refractivity contribution in [2.24, 2.45) is 0 Å². The second-order valence-corrected chi connectivity index (χ2v) is 7.11. The van der Waals surface area contributed by atoms with Crippen LogP contribution in [0.1, 0.15) is 44.7 Å². The highest BCUT2D eigenvalue weighted by molar-refractivity contribution is 7.18. The van der Waals surface area contributed by atoms with Crippen LogP contribution in [0.4, 0.5) is 0 Å². The third-order valence-electron chi connectivity index (χ3n) is 3.79. The zero-order valence-corrected chi connectivity index (χ0v) is 13.9. The lowest BCUT2D eigenvalue weighted by Crippen LogP contribution is -2.39. The number of aromatic nitrogens is 1. The average Bonchev–Trinajstić information content (AvgIpc) is 2.87. The van der Waals surface area contributed by atoms with Gasteiger partial charge in [0.05, 0.1) is 0 Å². The summed E-state index contributed by atoms with van der Waals surface area (Å²) < 4.78 is 3.90. The Morgan fingerprint density at radius 3 is 2.19 bits per heavy atom. The highest BCUT2D eigenvalue weighted by Crippen LogP contribution is 2.35. The van der Waals surface area contributed by atoms with Crippen molar-refractivity contribution in [3.8, 4) is 11.1 Å². The molecule has 3 rings (SSSR count). The third-order valence-corrected chi connectivity index (χ3v) is 5.30. The van der Waals surface area contributed by atoms with Gasteiger partial charge in [-0.05, 0) is 19.4 Å². The van der Waals surface area contributed by atoms with Gasteiger partial charge in [0.15, 0.2) is 6.04 Å². The molecule has 0 bridgehead atoms. The lowest BCUT2D eigenvalue weighted by atomic mass is 10.1. The molecule has 0 saturated heterocycles. The van der Waals surface area contributed by atoms with Crippen molar-refractivity contribution in [3.05, 3.63) is 53.5 Å². The fourth-order valence-corrected chi connectivity index (χ4v) is 4.29. The van der Waals surface area contributed by atoms with Crippen LogP contribution in [0.5, 0.6) is 0 Å². The predicted octanol–water partition coefficient (Wildman–Crippen LogP) is 5.56. The SMILES string of the molecule is CC(C)c1sc2c(-c3ccccc3)cccc2[n+]1C(C)C. The molecule has 1 heterocycles. The summed E-state index contributed by atoms with van der Waals surface area (Å²) in [5.74, 6) is 0.549. The minimum absolute atomic E-state index is 0.488.